The van der Waals surface area contributed by atoms with Crippen LogP contribution >= 0.6 is 11.3 Å². The highest BCUT2D eigenvalue weighted by Gasteiger charge is 2.31. The van der Waals surface area contributed by atoms with Crippen molar-refractivity contribution in [2.24, 2.45) is 0 Å². The van der Waals surface area contributed by atoms with E-state index in [4.69, 9.17) is 10.3 Å². The Morgan fingerprint density at radius 3 is 2.62 bits per heavy atom. The summed E-state index contributed by atoms with van der Waals surface area (Å²) in [5.41, 5.74) is 6.90. The number of pyridine rings is 1. The van der Waals surface area contributed by atoms with Crippen molar-refractivity contribution in [2.45, 2.75) is 6.18 Å². The van der Waals surface area contributed by atoms with Gasteiger partial charge in [-0.15, -0.1) is 11.3 Å². The SMILES string of the molecule is Nc1ncc(C#CCNCOS(=O)O)c2scc(-c3ccc(NC(=O)Nc4cc(C(F)(F)F)ccc4F)cc3)c12. The van der Waals surface area contributed by atoms with E-state index in [0.717, 1.165) is 15.8 Å². The van der Waals surface area contributed by atoms with Crippen molar-refractivity contribution in [3.63, 3.8) is 0 Å². The third kappa shape index (κ3) is 7.11. The molecule has 2 heterocycles. The van der Waals surface area contributed by atoms with E-state index in [1.807, 2.05) is 5.38 Å². The number of rotatable bonds is 7. The van der Waals surface area contributed by atoms with E-state index in [1.54, 1.807) is 30.5 Å². The molecule has 0 fully saturated rings. The minimum atomic E-state index is -4.69. The maximum Gasteiger partial charge on any atom is 0.416 e. The molecule has 0 aliphatic carbocycles. The summed E-state index contributed by atoms with van der Waals surface area (Å²) in [4.78, 5) is 16.5. The average Bonchev–Trinajstić information content (AvgIpc) is 3.34. The van der Waals surface area contributed by atoms with Crippen LogP contribution in [0, 0.1) is 17.7 Å². The predicted molar refractivity (Wildman–Crippen MR) is 145 cm³/mol. The number of halogens is 4. The minimum absolute atomic E-state index is 0.148. The van der Waals surface area contributed by atoms with Crippen LogP contribution in [0.25, 0.3) is 21.2 Å². The van der Waals surface area contributed by atoms with Crippen LogP contribution in [0.3, 0.4) is 0 Å². The molecule has 15 heteroatoms. The van der Waals surface area contributed by atoms with Crippen molar-refractivity contribution in [3.8, 4) is 23.0 Å². The van der Waals surface area contributed by atoms with Crippen molar-refractivity contribution in [2.75, 3.05) is 29.6 Å². The first kappa shape index (κ1) is 28.9. The topological polar surface area (TPSA) is 139 Å². The lowest BCUT2D eigenvalue weighted by atomic mass is 10.0. The molecule has 2 aromatic heterocycles. The highest BCUT2D eigenvalue weighted by molar-refractivity contribution is 7.74. The van der Waals surface area contributed by atoms with Crippen molar-refractivity contribution in [1.29, 1.82) is 0 Å². The van der Waals surface area contributed by atoms with Crippen molar-refractivity contribution in [1.82, 2.24) is 10.3 Å². The molecular weight excluding hydrogens is 574 g/mol. The Morgan fingerprint density at radius 1 is 1.18 bits per heavy atom. The van der Waals surface area contributed by atoms with Gasteiger partial charge in [-0.1, -0.05) is 24.0 Å². The number of amides is 2. The number of benzene rings is 2. The van der Waals surface area contributed by atoms with E-state index in [1.165, 1.54) is 11.3 Å². The van der Waals surface area contributed by atoms with Gasteiger partial charge in [0.05, 0.1) is 28.1 Å². The van der Waals surface area contributed by atoms with Gasteiger partial charge in [0.15, 0.2) is 0 Å². The number of alkyl halides is 3. The van der Waals surface area contributed by atoms with Gasteiger partial charge in [-0.3, -0.25) is 14.1 Å². The molecule has 0 bridgehead atoms. The summed E-state index contributed by atoms with van der Waals surface area (Å²) >= 11 is -0.960. The molecule has 0 saturated carbocycles. The molecule has 2 aromatic carbocycles. The lowest BCUT2D eigenvalue weighted by Gasteiger charge is -2.12. The number of nitrogen functional groups attached to an aromatic ring is 1. The van der Waals surface area contributed by atoms with Gasteiger partial charge < -0.3 is 16.4 Å². The second-order valence-corrected chi connectivity index (χ2v) is 9.52. The molecule has 0 saturated heterocycles. The van der Waals surface area contributed by atoms with E-state index < -0.39 is 40.6 Å². The van der Waals surface area contributed by atoms with Crippen molar-refractivity contribution < 1.29 is 35.3 Å². The van der Waals surface area contributed by atoms with E-state index in [9.17, 15) is 26.6 Å². The molecule has 0 aliphatic rings. The highest BCUT2D eigenvalue weighted by Crippen LogP contribution is 2.38. The lowest BCUT2D eigenvalue weighted by molar-refractivity contribution is -0.137. The summed E-state index contributed by atoms with van der Waals surface area (Å²) in [7, 11) is 0. The fraction of sp³-hybridized carbons (Fsp3) is 0.120. The van der Waals surface area contributed by atoms with E-state index >= 15 is 0 Å². The lowest BCUT2D eigenvalue weighted by Crippen LogP contribution is -2.20. The third-order valence-corrected chi connectivity index (χ3v) is 6.65. The molecule has 0 aliphatic heterocycles. The number of hydrogen-bond donors (Lipinski definition) is 5. The quantitative estimate of drug-likeness (QED) is 0.0636. The predicted octanol–water partition coefficient (Wildman–Crippen LogP) is 5.40. The summed E-state index contributed by atoms with van der Waals surface area (Å²) in [6.45, 7) is 0.0503. The van der Waals surface area contributed by atoms with Crippen LogP contribution in [0.2, 0.25) is 0 Å². The number of fused-ring (bicyclic) bond motifs is 1. The number of thiophene rings is 1. The van der Waals surface area contributed by atoms with Gasteiger partial charge >= 0.3 is 23.6 Å². The Balaban J connectivity index is 1.47. The normalized spacial score (nSPS) is 12.0. The first-order valence-electron chi connectivity index (χ1n) is 11.2. The molecule has 1 atom stereocenters. The van der Waals surface area contributed by atoms with Gasteiger partial charge in [-0.2, -0.15) is 17.4 Å². The number of carbonyl (C=O) groups is 1. The number of carbonyl (C=O) groups excluding carboxylic acids is 1. The molecule has 0 spiro atoms. The highest BCUT2D eigenvalue weighted by atomic mass is 32.2. The number of urea groups is 1. The van der Waals surface area contributed by atoms with Crippen LogP contribution in [0.5, 0.6) is 0 Å². The number of nitrogens with one attached hydrogen (secondary N) is 3. The van der Waals surface area contributed by atoms with Gasteiger partial charge in [-0.25, -0.2) is 14.2 Å². The Hall–Kier alpha value is -4.07. The molecule has 208 valence electrons. The maximum absolute atomic E-state index is 13.9. The molecule has 2 amide bonds. The Bertz CT molecular complexity index is 1630. The van der Waals surface area contributed by atoms with Crippen LogP contribution in [0.15, 0.2) is 54.0 Å². The zero-order valence-electron chi connectivity index (χ0n) is 20.1. The number of nitrogens with zero attached hydrogens (tertiary/aromatic N) is 1. The van der Waals surface area contributed by atoms with E-state index in [-0.39, 0.29) is 13.3 Å². The summed E-state index contributed by atoms with van der Waals surface area (Å²) in [6, 6.07) is 7.36. The second kappa shape index (κ2) is 12.4. The monoisotopic (exact) mass is 593 g/mol. The van der Waals surface area contributed by atoms with Gasteiger partial charge in [0.1, 0.15) is 18.4 Å². The number of aromatic nitrogens is 1. The van der Waals surface area contributed by atoms with Gasteiger partial charge in [0.2, 0.25) is 0 Å². The fourth-order valence-electron chi connectivity index (χ4n) is 3.53. The summed E-state index contributed by atoms with van der Waals surface area (Å²) in [5.74, 6) is 5.13. The maximum atomic E-state index is 13.9. The Labute approximate surface area is 231 Å². The van der Waals surface area contributed by atoms with Crippen molar-refractivity contribution in [3.05, 3.63) is 71.0 Å². The Kier molecular flexibility index (Phi) is 8.97. The second-order valence-electron chi connectivity index (χ2n) is 7.97. The molecule has 0 radical (unpaired) electrons. The summed E-state index contributed by atoms with van der Waals surface area (Å²) in [5, 5.41) is 9.83. The summed E-state index contributed by atoms with van der Waals surface area (Å²) < 4.78 is 76.9. The largest absolute Gasteiger partial charge is 0.416 e. The molecule has 6 N–H and O–H groups in total. The van der Waals surface area contributed by atoms with Crippen molar-refractivity contribution >= 4 is 56.0 Å². The van der Waals surface area contributed by atoms with Gasteiger partial charge in [0.25, 0.3) is 0 Å². The van der Waals surface area contributed by atoms with Gasteiger partial charge in [0, 0.05) is 22.8 Å². The molecule has 4 rings (SSSR count). The van der Waals surface area contributed by atoms with Crippen LogP contribution < -0.4 is 21.7 Å². The third-order valence-electron chi connectivity index (χ3n) is 5.32. The smallest absolute Gasteiger partial charge is 0.383 e. The minimum Gasteiger partial charge on any atom is -0.383 e. The van der Waals surface area contributed by atoms with E-state index in [0.29, 0.717) is 40.7 Å². The standard InChI is InChI=1S/C25H19F4N5O4S2/c26-19-8-5-16(25(27,28)29)10-20(19)34-24(35)33-17-6-3-14(4-7-17)18-12-39-22-15(11-32-23(30)21(18)22)2-1-9-31-13-38-40(36)37/h3-8,10-12,31H,9,13H2,(H2,30,32)(H,36,37)(H2,33,34,35). The molecule has 9 nitrogen and oxygen atoms in total. The molecule has 4 aromatic rings. The zero-order valence-corrected chi connectivity index (χ0v) is 21.8. The summed E-state index contributed by atoms with van der Waals surface area (Å²) in [6.07, 6.45) is -3.14. The number of anilines is 3. The zero-order chi connectivity index (χ0) is 28.9. The number of nitrogens with two attached hydrogens (primary N) is 1. The number of hydrogen-bond acceptors (Lipinski definition) is 7. The molecule has 1 unspecified atom stereocenters. The average molecular weight is 594 g/mol. The van der Waals surface area contributed by atoms with Crippen LogP contribution in [-0.2, 0) is 21.7 Å². The van der Waals surface area contributed by atoms with Crippen LogP contribution in [-0.4, -0.2) is 33.1 Å². The van der Waals surface area contributed by atoms with Crippen LogP contribution in [0.4, 0.5) is 39.5 Å². The Morgan fingerprint density at radius 2 is 1.93 bits per heavy atom. The van der Waals surface area contributed by atoms with Gasteiger partial charge in [-0.05, 0) is 41.3 Å². The van der Waals surface area contributed by atoms with E-state index in [2.05, 4.69) is 37.0 Å². The van der Waals surface area contributed by atoms with Crippen LogP contribution in [0.1, 0.15) is 11.1 Å². The molecule has 40 heavy (non-hydrogen) atoms. The molecular formula is C25H19F4N5O4S2. The first-order chi connectivity index (χ1) is 19.0. The fourth-order valence-corrected chi connectivity index (χ4v) is 4.77. The first-order valence-corrected chi connectivity index (χ1v) is 13.1.